The number of amides is 1. The van der Waals surface area contributed by atoms with Crippen molar-refractivity contribution in [3.05, 3.63) is 59.2 Å². The number of hydrogen-bond donors (Lipinski definition) is 1. The van der Waals surface area contributed by atoms with Crippen LogP contribution in [-0.4, -0.2) is 19.5 Å². The van der Waals surface area contributed by atoms with Gasteiger partial charge in [0.2, 0.25) is 0 Å². The Kier molecular flexibility index (Phi) is 3.33. The van der Waals surface area contributed by atoms with Crippen LogP contribution in [0.15, 0.2) is 42.5 Å². The minimum atomic E-state index is -0.104. The van der Waals surface area contributed by atoms with Crippen molar-refractivity contribution in [3.8, 4) is 6.07 Å². The Hall–Kier alpha value is -2.80. The molecule has 0 saturated heterocycles. The largest absolute Gasteiger partial charge is 0.384 e. The summed E-state index contributed by atoms with van der Waals surface area (Å²) in [6.45, 7) is 0.917. The predicted molar refractivity (Wildman–Crippen MR) is 82.5 cm³/mol. The first-order valence-corrected chi connectivity index (χ1v) is 6.84. The fraction of sp³-hybridized carbons (Fsp3) is 0.176. The molecule has 0 bridgehead atoms. The maximum Gasteiger partial charge on any atom is 0.258 e. The molecule has 0 aromatic heterocycles. The van der Waals surface area contributed by atoms with Crippen LogP contribution in [0.2, 0.25) is 0 Å². The van der Waals surface area contributed by atoms with Crippen molar-refractivity contribution in [2.24, 2.45) is 0 Å². The number of hydrogen-bond acceptors (Lipinski definition) is 3. The Labute approximate surface area is 123 Å². The molecule has 3 rings (SSSR count). The van der Waals surface area contributed by atoms with Gasteiger partial charge < -0.3 is 10.2 Å². The number of carbonyl (C=O) groups excluding carboxylic acids is 1. The minimum Gasteiger partial charge on any atom is -0.384 e. The second-order valence-corrected chi connectivity index (χ2v) is 5.04. The van der Waals surface area contributed by atoms with Gasteiger partial charge in [-0.15, -0.1) is 0 Å². The van der Waals surface area contributed by atoms with Crippen LogP contribution in [0, 0.1) is 11.3 Å². The number of carbonyl (C=O) groups is 1. The zero-order valence-corrected chi connectivity index (χ0v) is 11.8. The molecule has 0 spiro atoms. The summed E-state index contributed by atoms with van der Waals surface area (Å²) < 4.78 is 0. The summed E-state index contributed by atoms with van der Waals surface area (Å²) in [7, 11) is 1.70. The quantitative estimate of drug-likeness (QED) is 0.918. The van der Waals surface area contributed by atoms with Gasteiger partial charge in [-0.3, -0.25) is 4.79 Å². The van der Waals surface area contributed by atoms with Gasteiger partial charge in [-0.2, -0.15) is 5.26 Å². The van der Waals surface area contributed by atoms with E-state index < -0.39 is 0 Å². The fourth-order valence-corrected chi connectivity index (χ4v) is 2.60. The van der Waals surface area contributed by atoms with Crippen LogP contribution in [0.1, 0.15) is 21.5 Å². The van der Waals surface area contributed by atoms with Crippen LogP contribution in [0.3, 0.4) is 0 Å². The van der Waals surface area contributed by atoms with Gasteiger partial charge in [0, 0.05) is 24.8 Å². The molecule has 0 radical (unpaired) electrons. The highest BCUT2D eigenvalue weighted by Crippen LogP contribution is 2.25. The maximum absolute atomic E-state index is 12.6. The molecule has 0 saturated carbocycles. The minimum absolute atomic E-state index is 0.104. The zero-order chi connectivity index (χ0) is 14.8. The highest BCUT2D eigenvalue weighted by Gasteiger charge is 2.18. The predicted octanol–water partition coefficient (Wildman–Crippen LogP) is 2.80. The van der Waals surface area contributed by atoms with Crippen molar-refractivity contribution < 1.29 is 4.79 Å². The van der Waals surface area contributed by atoms with Gasteiger partial charge >= 0.3 is 0 Å². The highest BCUT2D eigenvalue weighted by atomic mass is 16.2. The topological polar surface area (TPSA) is 56.1 Å². The number of anilines is 2. The molecule has 1 N–H and O–H groups in total. The molecule has 0 unspecified atom stereocenters. The number of rotatable bonds is 2. The van der Waals surface area contributed by atoms with Gasteiger partial charge in [0.05, 0.1) is 11.3 Å². The molecule has 1 aliphatic rings. The van der Waals surface area contributed by atoms with Crippen molar-refractivity contribution >= 4 is 17.3 Å². The van der Waals surface area contributed by atoms with E-state index in [4.69, 9.17) is 5.26 Å². The average molecular weight is 277 g/mol. The first-order chi connectivity index (χ1) is 10.2. The van der Waals surface area contributed by atoms with Crippen LogP contribution in [0.25, 0.3) is 0 Å². The fourth-order valence-electron chi connectivity index (χ4n) is 2.60. The molecule has 21 heavy (non-hydrogen) atoms. The second-order valence-electron chi connectivity index (χ2n) is 5.04. The first kappa shape index (κ1) is 13.2. The Morgan fingerprint density at radius 2 is 2.10 bits per heavy atom. The van der Waals surface area contributed by atoms with E-state index in [2.05, 4.69) is 11.4 Å². The third kappa shape index (κ3) is 2.34. The molecule has 0 atom stereocenters. The average Bonchev–Trinajstić information content (AvgIpc) is 3.00. The number of nitrogens with zero attached hydrogens (tertiary/aromatic N) is 2. The Bertz CT molecular complexity index is 746. The van der Waals surface area contributed by atoms with Crippen molar-refractivity contribution in [1.82, 2.24) is 0 Å². The number of para-hydroxylation sites is 1. The van der Waals surface area contributed by atoms with Gasteiger partial charge in [0.15, 0.2) is 0 Å². The van der Waals surface area contributed by atoms with Crippen molar-refractivity contribution in [2.75, 3.05) is 23.8 Å². The van der Waals surface area contributed by atoms with Crippen LogP contribution in [0.4, 0.5) is 11.4 Å². The Balaban J connectivity index is 1.93. The van der Waals surface area contributed by atoms with Gasteiger partial charge in [0.1, 0.15) is 6.07 Å². The van der Waals surface area contributed by atoms with E-state index in [-0.39, 0.29) is 5.91 Å². The smallest absolute Gasteiger partial charge is 0.258 e. The molecule has 0 aliphatic carbocycles. The summed E-state index contributed by atoms with van der Waals surface area (Å²) in [5.74, 6) is -0.104. The van der Waals surface area contributed by atoms with E-state index in [1.54, 1.807) is 25.2 Å². The normalized spacial score (nSPS) is 12.2. The van der Waals surface area contributed by atoms with E-state index in [9.17, 15) is 4.79 Å². The number of nitriles is 1. The van der Waals surface area contributed by atoms with E-state index >= 15 is 0 Å². The monoisotopic (exact) mass is 277 g/mol. The SMILES string of the molecule is CN(C(=O)c1ccc2c(c1)CCN2)c1ccccc1C#N. The molecule has 1 amide bonds. The standard InChI is InChI=1S/C17H15N3O/c1-20(16-5-3-2-4-14(16)11-18)17(21)13-6-7-15-12(10-13)8-9-19-15/h2-7,10,19H,8-9H2,1H3. The third-order valence-corrected chi connectivity index (χ3v) is 3.75. The molecular weight excluding hydrogens is 262 g/mol. The van der Waals surface area contributed by atoms with Gasteiger partial charge in [-0.1, -0.05) is 12.1 Å². The molecule has 1 aliphatic heterocycles. The third-order valence-electron chi connectivity index (χ3n) is 3.75. The Morgan fingerprint density at radius 1 is 1.29 bits per heavy atom. The number of benzene rings is 2. The summed E-state index contributed by atoms with van der Waals surface area (Å²) >= 11 is 0. The van der Waals surface area contributed by atoms with E-state index in [0.29, 0.717) is 16.8 Å². The van der Waals surface area contributed by atoms with Crippen molar-refractivity contribution in [1.29, 1.82) is 5.26 Å². The maximum atomic E-state index is 12.6. The molecule has 104 valence electrons. The first-order valence-electron chi connectivity index (χ1n) is 6.84. The lowest BCUT2D eigenvalue weighted by Gasteiger charge is -2.19. The van der Waals surface area contributed by atoms with Crippen molar-refractivity contribution in [3.63, 3.8) is 0 Å². The number of fused-ring (bicyclic) bond motifs is 1. The lowest BCUT2D eigenvalue weighted by molar-refractivity contribution is 0.0993. The Morgan fingerprint density at radius 3 is 2.90 bits per heavy atom. The molecule has 2 aromatic carbocycles. The van der Waals surface area contributed by atoms with Crippen LogP contribution >= 0.6 is 0 Å². The summed E-state index contributed by atoms with van der Waals surface area (Å²) in [6, 6.07) is 14.9. The number of nitrogens with one attached hydrogen (secondary N) is 1. The molecule has 1 heterocycles. The van der Waals surface area contributed by atoms with E-state index in [1.165, 1.54) is 10.5 Å². The zero-order valence-electron chi connectivity index (χ0n) is 11.8. The van der Waals surface area contributed by atoms with E-state index in [0.717, 1.165) is 18.7 Å². The molecule has 4 nitrogen and oxygen atoms in total. The van der Waals surface area contributed by atoms with Gasteiger partial charge in [0.25, 0.3) is 5.91 Å². The summed E-state index contributed by atoms with van der Waals surface area (Å²) in [4.78, 5) is 14.1. The molecule has 0 fully saturated rings. The van der Waals surface area contributed by atoms with Crippen LogP contribution < -0.4 is 10.2 Å². The molecule has 4 heteroatoms. The van der Waals surface area contributed by atoms with E-state index in [1.807, 2.05) is 24.3 Å². The van der Waals surface area contributed by atoms with Crippen LogP contribution in [0.5, 0.6) is 0 Å². The summed E-state index contributed by atoms with van der Waals surface area (Å²) in [6.07, 6.45) is 0.939. The molecule has 2 aromatic rings. The van der Waals surface area contributed by atoms with Crippen molar-refractivity contribution in [2.45, 2.75) is 6.42 Å². The van der Waals surface area contributed by atoms with Gasteiger partial charge in [-0.05, 0) is 42.3 Å². The molecular formula is C17H15N3O. The summed E-state index contributed by atoms with van der Waals surface area (Å²) in [5.41, 5.74) is 4.04. The summed E-state index contributed by atoms with van der Waals surface area (Å²) in [5, 5.41) is 12.4. The lowest BCUT2D eigenvalue weighted by Crippen LogP contribution is -2.27. The van der Waals surface area contributed by atoms with Crippen LogP contribution in [-0.2, 0) is 6.42 Å². The van der Waals surface area contributed by atoms with Gasteiger partial charge in [-0.25, -0.2) is 0 Å². The highest BCUT2D eigenvalue weighted by molar-refractivity contribution is 6.06. The second kappa shape index (κ2) is 5.29. The lowest BCUT2D eigenvalue weighted by atomic mass is 10.1.